The van der Waals surface area contributed by atoms with Crippen LogP contribution in [-0.2, 0) is 4.74 Å². The van der Waals surface area contributed by atoms with E-state index in [1.165, 1.54) is 0 Å². The van der Waals surface area contributed by atoms with Crippen LogP contribution in [0, 0.1) is 5.92 Å². The van der Waals surface area contributed by atoms with Gasteiger partial charge in [0.05, 0.1) is 18.3 Å². The molecule has 0 saturated carbocycles. The summed E-state index contributed by atoms with van der Waals surface area (Å²) in [5, 5.41) is 19.6. The molecule has 5 atom stereocenters. The topological polar surface area (TPSA) is 49.7 Å². The van der Waals surface area contributed by atoms with E-state index < -0.39 is 12.2 Å². The number of aliphatic hydroxyl groups is 2. The van der Waals surface area contributed by atoms with Crippen molar-refractivity contribution in [3.05, 3.63) is 0 Å². The van der Waals surface area contributed by atoms with Crippen molar-refractivity contribution < 1.29 is 14.9 Å². The predicted octanol–water partition coefficient (Wildman–Crippen LogP) is 0.885. The van der Waals surface area contributed by atoms with E-state index in [1.807, 2.05) is 20.1 Å². The Morgan fingerprint density at radius 1 is 1.21 bits per heavy atom. The van der Waals surface area contributed by atoms with Gasteiger partial charge in [-0.2, -0.15) is 11.8 Å². The number of rotatable bonds is 3. The zero-order valence-electron chi connectivity index (χ0n) is 9.01. The number of hydrogen-bond acceptors (Lipinski definition) is 4. The van der Waals surface area contributed by atoms with E-state index in [9.17, 15) is 10.2 Å². The Bertz CT molecular complexity index is 173. The van der Waals surface area contributed by atoms with Gasteiger partial charge in [-0.25, -0.2) is 0 Å². The molecule has 0 radical (unpaired) electrons. The second kappa shape index (κ2) is 5.35. The zero-order chi connectivity index (χ0) is 10.7. The van der Waals surface area contributed by atoms with Gasteiger partial charge >= 0.3 is 0 Å². The van der Waals surface area contributed by atoms with Crippen LogP contribution < -0.4 is 0 Å². The molecular formula is C10H20O3S. The maximum atomic E-state index is 9.81. The fraction of sp³-hybridized carbons (Fsp3) is 1.00. The minimum atomic E-state index is -0.736. The Morgan fingerprint density at radius 3 is 2.36 bits per heavy atom. The van der Waals surface area contributed by atoms with Gasteiger partial charge in [-0.05, 0) is 12.7 Å². The summed E-state index contributed by atoms with van der Waals surface area (Å²) in [5.41, 5.74) is 0. The summed E-state index contributed by atoms with van der Waals surface area (Å²) < 4.78 is 5.74. The lowest BCUT2D eigenvalue weighted by molar-refractivity contribution is -0.188. The smallest absolute Gasteiger partial charge is 0.107 e. The van der Waals surface area contributed by atoms with Crippen LogP contribution in [0.5, 0.6) is 0 Å². The zero-order valence-corrected chi connectivity index (χ0v) is 9.83. The lowest BCUT2D eigenvalue weighted by Gasteiger charge is -2.41. The molecule has 1 aliphatic heterocycles. The number of hydrogen-bond donors (Lipinski definition) is 2. The van der Waals surface area contributed by atoms with Crippen molar-refractivity contribution in [3.8, 4) is 0 Å². The predicted molar refractivity (Wildman–Crippen MR) is 58.5 cm³/mol. The Kier molecular flexibility index (Phi) is 4.70. The summed E-state index contributed by atoms with van der Waals surface area (Å²) in [6.45, 7) is 3.97. The van der Waals surface area contributed by atoms with Crippen LogP contribution in [0.25, 0.3) is 0 Å². The second-order valence-electron chi connectivity index (χ2n) is 3.92. The van der Waals surface area contributed by atoms with E-state index in [1.54, 1.807) is 11.8 Å². The first-order valence-corrected chi connectivity index (χ1v) is 6.51. The summed E-state index contributed by atoms with van der Waals surface area (Å²) in [4.78, 5) is 0. The third-order valence-corrected chi connectivity index (χ3v) is 3.60. The average Bonchev–Trinajstić information content (AvgIpc) is 2.19. The van der Waals surface area contributed by atoms with Crippen LogP contribution in [0.1, 0.15) is 20.3 Å². The molecule has 0 spiro atoms. The maximum absolute atomic E-state index is 9.81. The highest BCUT2D eigenvalue weighted by Crippen LogP contribution is 2.28. The molecule has 3 nitrogen and oxygen atoms in total. The maximum Gasteiger partial charge on any atom is 0.107 e. The first kappa shape index (κ1) is 12.3. The largest absolute Gasteiger partial charge is 0.390 e. The fourth-order valence-corrected chi connectivity index (χ4v) is 2.55. The van der Waals surface area contributed by atoms with Crippen molar-refractivity contribution in [2.24, 2.45) is 5.92 Å². The summed E-state index contributed by atoms with van der Waals surface area (Å²) in [7, 11) is 0. The fourth-order valence-electron chi connectivity index (χ4n) is 1.95. The molecule has 1 fully saturated rings. The van der Waals surface area contributed by atoms with Crippen LogP contribution in [0.3, 0.4) is 0 Å². The molecular weight excluding hydrogens is 200 g/mol. The summed E-state index contributed by atoms with van der Waals surface area (Å²) in [6.07, 6.45) is 1.33. The van der Waals surface area contributed by atoms with E-state index in [0.717, 1.165) is 12.2 Å². The lowest BCUT2D eigenvalue weighted by atomic mass is 9.87. The molecule has 0 aromatic rings. The van der Waals surface area contributed by atoms with E-state index >= 15 is 0 Å². The average molecular weight is 220 g/mol. The van der Waals surface area contributed by atoms with Crippen LogP contribution in [0.15, 0.2) is 0 Å². The number of thioether (sulfide) groups is 1. The standard InChI is InChI=1S/C10H20O3S/c1-4-7-6(2)9(11)10(12)8(13-7)5-14-3/h6-12H,4-5H2,1-3H3/t6-,7?,8-,9?,10?/m0/s1. The van der Waals surface area contributed by atoms with Crippen molar-refractivity contribution in [2.45, 2.75) is 44.7 Å². The first-order chi connectivity index (χ1) is 6.61. The van der Waals surface area contributed by atoms with Crippen molar-refractivity contribution in [3.63, 3.8) is 0 Å². The Labute approximate surface area is 89.8 Å². The third kappa shape index (κ3) is 2.42. The van der Waals surface area contributed by atoms with E-state index in [4.69, 9.17) is 4.74 Å². The molecule has 14 heavy (non-hydrogen) atoms. The minimum absolute atomic E-state index is 0.0214. The molecule has 0 amide bonds. The van der Waals surface area contributed by atoms with Gasteiger partial charge in [0.25, 0.3) is 0 Å². The van der Waals surface area contributed by atoms with Crippen molar-refractivity contribution >= 4 is 11.8 Å². The highest BCUT2D eigenvalue weighted by Gasteiger charge is 2.40. The molecule has 3 unspecified atom stereocenters. The van der Waals surface area contributed by atoms with Crippen LogP contribution >= 0.6 is 11.8 Å². The second-order valence-corrected chi connectivity index (χ2v) is 4.83. The first-order valence-electron chi connectivity index (χ1n) is 5.12. The molecule has 0 aliphatic carbocycles. The molecule has 0 bridgehead atoms. The van der Waals surface area contributed by atoms with E-state index in [0.29, 0.717) is 0 Å². The quantitative estimate of drug-likeness (QED) is 0.741. The van der Waals surface area contributed by atoms with E-state index in [2.05, 4.69) is 0 Å². The van der Waals surface area contributed by atoms with Gasteiger partial charge in [-0.3, -0.25) is 0 Å². The third-order valence-electron chi connectivity index (χ3n) is 2.94. The van der Waals surface area contributed by atoms with Crippen molar-refractivity contribution in [1.82, 2.24) is 0 Å². The van der Waals surface area contributed by atoms with Crippen molar-refractivity contribution in [1.29, 1.82) is 0 Å². The Hall–Kier alpha value is 0.230. The molecule has 1 heterocycles. The summed E-state index contributed by atoms with van der Waals surface area (Å²) in [6, 6.07) is 0. The molecule has 1 rings (SSSR count). The van der Waals surface area contributed by atoms with Gasteiger partial charge in [0.2, 0.25) is 0 Å². The lowest BCUT2D eigenvalue weighted by Crippen LogP contribution is -2.54. The van der Waals surface area contributed by atoms with Gasteiger partial charge in [-0.15, -0.1) is 0 Å². The summed E-state index contributed by atoms with van der Waals surface area (Å²) >= 11 is 1.63. The normalized spacial score (nSPS) is 43.9. The molecule has 1 saturated heterocycles. The molecule has 84 valence electrons. The van der Waals surface area contributed by atoms with Gasteiger partial charge in [0.15, 0.2) is 0 Å². The van der Waals surface area contributed by atoms with Crippen LogP contribution in [-0.4, -0.2) is 46.6 Å². The van der Waals surface area contributed by atoms with Gasteiger partial charge in [0, 0.05) is 11.7 Å². The summed E-state index contributed by atoms with van der Waals surface area (Å²) in [5.74, 6) is 0.759. The Balaban J connectivity index is 2.63. The molecule has 0 aromatic carbocycles. The van der Waals surface area contributed by atoms with Gasteiger partial charge in [-0.1, -0.05) is 13.8 Å². The molecule has 0 aromatic heterocycles. The Morgan fingerprint density at radius 2 is 1.86 bits per heavy atom. The number of ether oxygens (including phenoxy) is 1. The van der Waals surface area contributed by atoms with Crippen LogP contribution in [0.4, 0.5) is 0 Å². The number of aliphatic hydroxyl groups excluding tert-OH is 2. The molecule has 4 heteroatoms. The molecule has 2 N–H and O–H groups in total. The highest BCUT2D eigenvalue weighted by atomic mass is 32.2. The van der Waals surface area contributed by atoms with Crippen molar-refractivity contribution in [2.75, 3.05) is 12.0 Å². The van der Waals surface area contributed by atoms with Gasteiger partial charge in [0.1, 0.15) is 6.10 Å². The monoisotopic (exact) mass is 220 g/mol. The molecule has 1 aliphatic rings. The minimum Gasteiger partial charge on any atom is -0.390 e. The highest BCUT2D eigenvalue weighted by molar-refractivity contribution is 7.98. The SMILES string of the molecule is CCC1O[C@@H](CSC)C(O)C(O)[C@H]1C. The van der Waals surface area contributed by atoms with E-state index in [-0.39, 0.29) is 18.1 Å². The van der Waals surface area contributed by atoms with Gasteiger partial charge < -0.3 is 14.9 Å². The van der Waals surface area contributed by atoms with Crippen LogP contribution in [0.2, 0.25) is 0 Å².